The van der Waals surface area contributed by atoms with Gasteiger partial charge in [-0.05, 0) is 19.3 Å². The quantitative estimate of drug-likeness (QED) is 0.826. The largest absolute Gasteiger partial charge is 0.309 e. The number of thiazole rings is 1. The molecule has 0 radical (unpaired) electrons. The average molecular weight is 210 g/mol. The number of aromatic nitrogens is 1. The van der Waals surface area contributed by atoms with E-state index in [9.17, 15) is 0 Å². The second-order valence-electron chi connectivity index (χ2n) is 3.94. The van der Waals surface area contributed by atoms with Gasteiger partial charge in [-0.1, -0.05) is 19.8 Å². The Hall–Kier alpha value is -0.410. The molecular formula is C11H18N2S. The summed E-state index contributed by atoms with van der Waals surface area (Å²) in [4.78, 5) is 5.74. The van der Waals surface area contributed by atoms with Gasteiger partial charge in [0.15, 0.2) is 0 Å². The van der Waals surface area contributed by atoms with Crippen molar-refractivity contribution in [2.75, 3.05) is 0 Å². The Kier molecular flexibility index (Phi) is 3.54. The number of nitrogens with zero attached hydrogens (tertiary/aromatic N) is 1. The Morgan fingerprint density at radius 1 is 1.50 bits per heavy atom. The summed E-state index contributed by atoms with van der Waals surface area (Å²) in [5.41, 5.74) is 0. The molecule has 2 rings (SSSR count). The SMILES string of the molecule is CCc1ncc(CNC2CCCC2)s1. The predicted octanol–water partition coefficient (Wildman–Crippen LogP) is 2.74. The van der Waals surface area contributed by atoms with E-state index in [1.807, 2.05) is 17.5 Å². The van der Waals surface area contributed by atoms with Crippen molar-refractivity contribution in [2.24, 2.45) is 0 Å². The summed E-state index contributed by atoms with van der Waals surface area (Å²) in [7, 11) is 0. The van der Waals surface area contributed by atoms with Crippen molar-refractivity contribution >= 4 is 11.3 Å². The van der Waals surface area contributed by atoms with Gasteiger partial charge >= 0.3 is 0 Å². The van der Waals surface area contributed by atoms with Crippen molar-refractivity contribution in [3.8, 4) is 0 Å². The molecule has 3 heteroatoms. The normalized spacial score (nSPS) is 17.8. The molecule has 0 aliphatic heterocycles. The maximum atomic E-state index is 4.36. The third kappa shape index (κ3) is 2.55. The molecule has 1 heterocycles. The van der Waals surface area contributed by atoms with Gasteiger partial charge in [-0.2, -0.15) is 0 Å². The molecule has 1 aromatic rings. The van der Waals surface area contributed by atoms with Crippen molar-refractivity contribution in [1.29, 1.82) is 0 Å². The Balaban J connectivity index is 1.79. The first-order valence-electron chi connectivity index (χ1n) is 5.55. The molecule has 1 aliphatic rings. The maximum absolute atomic E-state index is 4.36. The zero-order chi connectivity index (χ0) is 9.80. The van der Waals surface area contributed by atoms with Gasteiger partial charge < -0.3 is 5.32 Å². The van der Waals surface area contributed by atoms with Crippen molar-refractivity contribution in [2.45, 2.75) is 51.6 Å². The first-order chi connectivity index (χ1) is 6.88. The van der Waals surface area contributed by atoms with Crippen LogP contribution in [-0.2, 0) is 13.0 Å². The van der Waals surface area contributed by atoms with Crippen LogP contribution < -0.4 is 5.32 Å². The van der Waals surface area contributed by atoms with Gasteiger partial charge in [0.1, 0.15) is 0 Å². The minimum Gasteiger partial charge on any atom is -0.309 e. The molecule has 0 amide bonds. The number of hydrogen-bond acceptors (Lipinski definition) is 3. The third-order valence-electron chi connectivity index (χ3n) is 2.82. The molecule has 1 N–H and O–H groups in total. The molecular weight excluding hydrogens is 192 g/mol. The van der Waals surface area contributed by atoms with Crippen molar-refractivity contribution in [3.05, 3.63) is 16.1 Å². The third-order valence-corrected chi connectivity index (χ3v) is 3.97. The van der Waals surface area contributed by atoms with Crippen LogP contribution in [0.2, 0.25) is 0 Å². The van der Waals surface area contributed by atoms with Crippen LogP contribution in [-0.4, -0.2) is 11.0 Å². The Morgan fingerprint density at radius 3 is 2.93 bits per heavy atom. The zero-order valence-corrected chi connectivity index (χ0v) is 9.57. The first kappa shape index (κ1) is 10.1. The molecule has 0 aromatic carbocycles. The van der Waals surface area contributed by atoms with Gasteiger partial charge in [-0.3, -0.25) is 0 Å². The summed E-state index contributed by atoms with van der Waals surface area (Å²) >= 11 is 1.84. The van der Waals surface area contributed by atoms with Gasteiger partial charge in [0.05, 0.1) is 5.01 Å². The molecule has 14 heavy (non-hydrogen) atoms. The topological polar surface area (TPSA) is 24.9 Å². The van der Waals surface area contributed by atoms with Crippen molar-refractivity contribution < 1.29 is 0 Å². The summed E-state index contributed by atoms with van der Waals surface area (Å²) in [5.74, 6) is 0. The number of hydrogen-bond donors (Lipinski definition) is 1. The lowest BCUT2D eigenvalue weighted by atomic mass is 10.2. The van der Waals surface area contributed by atoms with E-state index >= 15 is 0 Å². The number of nitrogens with one attached hydrogen (secondary N) is 1. The minimum atomic E-state index is 0.766. The van der Waals surface area contributed by atoms with E-state index in [2.05, 4.69) is 17.2 Å². The fourth-order valence-electron chi connectivity index (χ4n) is 1.97. The molecule has 1 aromatic heterocycles. The standard InChI is InChI=1S/C11H18N2S/c1-2-11-13-8-10(14-11)7-12-9-5-3-4-6-9/h8-9,12H,2-7H2,1H3. The van der Waals surface area contributed by atoms with E-state index in [0.717, 1.165) is 19.0 Å². The van der Waals surface area contributed by atoms with Gasteiger partial charge in [0.2, 0.25) is 0 Å². The molecule has 2 nitrogen and oxygen atoms in total. The monoisotopic (exact) mass is 210 g/mol. The van der Waals surface area contributed by atoms with Crippen LogP contribution in [0.3, 0.4) is 0 Å². The van der Waals surface area contributed by atoms with Crippen LogP contribution in [0.5, 0.6) is 0 Å². The van der Waals surface area contributed by atoms with E-state index in [1.54, 1.807) is 0 Å². The second kappa shape index (κ2) is 4.89. The number of rotatable bonds is 4. The molecule has 0 bridgehead atoms. The smallest absolute Gasteiger partial charge is 0.0925 e. The van der Waals surface area contributed by atoms with Crippen LogP contribution in [0.15, 0.2) is 6.20 Å². The van der Waals surface area contributed by atoms with E-state index in [0.29, 0.717) is 0 Å². The van der Waals surface area contributed by atoms with Gasteiger partial charge in [0.25, 0.3) is 0 Å². The average Bonchev–Trinajstić information content (AvgIpc) is 2.86. The summed E-state index contributed by atoms with van der Waals surface area (Å²) in [6.45, 7) is 3.18. The lowest BCUT2D eigenvalue weighted by Gasteiger charge is -2.09. The fraction of sp³-hybridized carbons (Fsp3) is 0.727. The summed E-state index contributed by atoms with van der Waals surface area (Å²) < 4.78 is 0. The molecule has 1 saturated carbocycles. The first-order valence-corrected chi connectivity index (χ1v) is 6.37. The molecule has 0 saturated heterocycles. The van der Waals surface area contributed by atoms with E-state index < -0.39 is 0 Å². The Bertz CT molecular complexity index is 277. The highest BCUT2D eigenvalue weighted by molar-refractivity contribution is 7.11. The van der Waals surface area contributed by atoms with Crippen LogP contribution >= 0.6 is 11.3 Å². The van der Waals surface area contributed by atoms with Crippen LogP contribution in [0.25, 0.3) is 0 Å². The van der Waals surface area contributed by atoms with E-state index in [-0.39, 0.29) is 0 Å². The maximum Gasteiger partial charge on any atom is 0.0925 e. The molecule has 0 unspecified atom stereocenters. The molecule has 0 atom stereocenters. The molecule has 1 aliphatic carbocycles. The van der Waals surface area contributed by atoms with Crippen LogP contribution in [0.4, 0.5) is 0 Å². The van der Waals surface area contributed by atoms with Crippen molar-refractivity contribution in [1.82, 2.24) is 10.3 Å². The Morgan fingerprint density at radius 2 is 2.29 bits per heavy atom. The van der Waals surface area contributed by atoms with Crippen LogP contribution in [0.1, 0.15) is 42.5 Å². The van der Waals surface area contributed by atoms with Gasteiger partial charge in [0, 0.05) is 23.7 Å². The van der Waals surface area contributed by atoms with Crippen molar-refractivity contribution in [3.63, 3.8) is 0 Å². The number of aryl methyl sites for hydroxylation is 1. The predicted molar refractivity (Wildman–Crippen MR) is 60.6 cm³/mol. The molecule has 78 valence electrons. The lowest BCUT2D eigenvalue weighted by molar-refractivity contribution is 0.527. The fourth-order valence-corrected chi connectivity index (χ4v) is 2.78. The lowest BCUT2D eigenvalue weighted by Crippen LogP contribution is -2.24. The summed E-state index contributed by atoms with van der Waals surface area (Å²) in [6, 6.07) is 0.766. The highest BCUT2D eigenvalue weighted by Crippen LogP contribution is 2.19. The molecule has 0 spiro atoms. The molecule has 1 fully saturated rings. The van der Waals surface area contributed by atoms with Gasteiger partial charge in [-0.15, -0.1) is 11.3 Å². The van der Waals surface area contributed by atoms with E-state index in [4.69, 9.17) is 0 Å². The summed E-state index contributed by atoms with van der Waals surface area (Å²) in [5, 5.41) is 4.86. The zero-order valence-electron chi connectivity index (χ0n) is 8.75. The highest BCUT2D eigenvalue weighted by Gasteiger charge is 2.14. The van der Waals surface area contributed by atoms with E-state index in [1.165, 1.54) is 35.6 Å². The Labute approximate surface area is 89.8 Å². The van der Waals surface area contributed by atoms with Gasteiger partial charge in [-0.25, -0.2) is 4.98 Å². The second-order valence-corrected chi connectivity index (χ2v) is 5.14. The highest BCUT2D eigenvalue weighted by atomic mass is 32.1. The summed E-state index contributed by atoms with van der Waals surface area (Å²) in [6.07, 6.45) is 8.61. The van der Waals surface area contributed by atoms with Crippen LogP contribution in [0, 0.1) is 0 Å². The minimum absolute atomic E-state index is 0.766.